The van der Waals surface area contributed by atoms with Gasteiger partial charge in [0.1, 0.15) is 33.8 Å². The van der Waals surface area contributed by atoms with Gasteiger partial charge in [0, 0.05) is 71.0 Å². The lowest BCUT2D eigenvalue weighted by Gasteiger charge is -2.18. The van der Waals surface area contributed by atoms with E-state index in [0.717, 1.165) is 60.6 Å². The molecule has 0 saturated heterocycles. The molecular formula is C72H52O7S3. The Labute approximate surface area is 482 Å². The van der Waals surface area contributed by atoms with Crippen molar-refractivity contribution >= 4 is 96.3 Å². The molecule has 1 N–H and O–H groups in total. The van der Waals surface area contributed by atoms with E-state index in [0.29, 0.717) is 21.3 Å². The van der Waals surface area contributed by atoms with Crippen LogP contribution in [0.5, 0.6) is 11.5 Å². The highest BCUT2D eigenvalue weighted by molar-refractivity contribution is 7.92. The minimum Gasteiger partial charge on any atom is -0.507 e. The first kappa shape index (κ1) is 52.8. The number of hydrogen-bond acceptors (Lipinski definition) is 8. The molecule has 0 fully saturated rings. The van der Waals surface area contributed by atoms with Crippen LogP contribution in [-0.2, 0) is 20.9 Å². The number of benzene rings is 12. The highest BCUT2D eigenvalue weighted by atomic mass is 32.2. The summed E-state index contributed by atoms with van der Waals surface area (Å²) < 4.78 is 55.3. The topological polar surface area (TPSA) is 107 Å². The molecule has 0 bridgehead atoms. The van der Waals surface area contributed by atoms with Crippen molar-refractivity contribution in [2.45, 2.75) is 14.7 Å². The molecule has 1 atom stereocenters. The maximum absolute atomic E-state index is 12.1. The van der Waals surface area contributed by atoms with Crippen molar-refractivity contribution in [1.29, 1.82) is 0 Å². The van der Waals surface area contributed by atoms with Gasteiger partial charge in [-0.05, 0) is 72.3 Å². The number of aromatic hydroxyl groups is 1. The standard InChI is InChI=1S/2C12H8O2S.2C12H8O.C12H10O.C12H8S.H2/c13-15(14)11-7-3-1-5-9(11)10-6-2-4-8-12(10)15;13-15-12-8-4-2-6-10(12)9-5-1-3-7-11(9)14-15;2*1-3-7-11-9(5-1)10-6-2-4-8-12(10)13-11;13-12-9-5-4-8-11(12)10-6-2-1-3-7-10;1-3-7-11-9(5-1)10-6-2-4-8-12(10)13-11;/h2*1-8H;2*1-8H;1-9,13H;1-8H;1H/i;;;;;;1+1. The number of para-hydroxylation sites is 6. The molecule has 17 rings (SSSR count). The minimum atomic E-state index is -3.26. The zero-order valence-corrected chi connectivity index (χ0v) is 46.4. The van der Waals surface area contributed by atoms with Crippen molar-refractivity contribution in [3.8, 4) is 44.9 Å². The minimum absolute atomic E-state index is 0. The quantitative estimate of drug-likeness (QED) is 0.174. The molecule has 2 aliphatic rings. The van der Waals surface area contributed by atoms with Crippen LogP contribution in [0, 0.1) is 0 Å². The van der Waals surface area contributed by atoms with Gasteiger partial charge in [0.15, 0.2) is 0 Å². The molecule has 7 nitrogen and oxygen atoms in total. The summed E-state index contributed by atoms with van der Waals surface area (Å²) in [6.07, 6.45) is 0. The van der Waals surface area contributed by atoms with Crippen molar-refractivity contribution in [3.05, 3.63) is 297 Å². The first-order valence-corrected chi connectivity index (χ1v) is 29.8. The SMILES string of the molecule is O=S1(=O)c2ccccc2-c2ccccc21.O=S1Oc2ccccc2-c2ccccc21.Oc1ccccc1-c1ccccc1.[2HH].c1ccc2c(c1)oc1ccccc12.c1ccc2c(c1)oc1ccccc12.c1ccc2c(c1)sc1ccccc12. The van der Waals surface area contributed by atoms with E-state index >= 15 is 0 Å². The van der Waals surface area contributed by atoms with Gasteiger partial charge in [0.25, 0.3) is 0 Å². The van der Waals surface area contributed by atoms with E-state index in [1.54, 1.807) is 30.3 Å². The van der Waals surface area contributed by atoms with Crippen LogP contribution in [0.3, 0.4) is 0 Å². The second kappa shape index (κ2) is 23.9. The van der Waals surface area contributed by atoms with Crippen LogP contribution < -0.4 is 4.18 Å². The molecule has 15 aromatic rings. The summed E-state index contributed by atoms with van der Waals surface area (Å²) in [5.41, 5.74) is 9.40. The molecule has 1 unspecified atom stereocenters. The molecule has 0 radical (unpaired) electrons. The zero-order valence-electron chi connectivity index (χ0n) is 43.9. The summed E-state index contributed by atoms with van der Waals surface area (Å²) in [5, 5.41) is 17.1. The summed E-state index contributed by atoms with van der Waals surface area (Å²) in [6.45, 7) is 0. The van der Waals surface area contributed by atoms with Gasteiger partial charge < -0.3 is 18.1 Å². The summed E-state index contributed by atoms with van der Waals surface area (Å²) in [4.78, 5) is 1.59. The van der Waals surface area contributed by atoms with Gasteiger partial charge in [-0.25, -0.2) is 12.6 Å². The third kappa shape index (κ3) is 10.9. The Morgan fingerprint density at radius 3 is 1.18 bits per heavy atom. The van der Waals surface area contributed by atoms with E-state index in [1.807, 2.05) is 205 Å². The smallest absolute Gasteiger partial charge is 0.241 e. The second-order valence-electron chi connectivity index (χ2n) is 19.0. The maximum Gasteiger partial charge on any atom is 0.241 e. The monoisotopic (exact) mass is 1130 g/mol. The molecule has 82 heavy (non-hydrogen) atoms. The molecule has 3 aromatic heterocycles. The number of phenolic OH excluding ortho intramolecular Hbond substituents is 1. The van der Waals surface area contributed by atoms with Crippen LogP contribution in [0.2, 0.25) is 0 Å². The predicted octanol–water partition coefficient (Wildman–Crippen LogP) is 19.8. The van der Waals surface area contributed by atoms with Gasteiger partial charge >= 0.3 is 0 Å². The number of furan rings is 2. The van der Waals surface area contributed by atoms with Gasteiger partial charge in [0.2, 0.25) is 20.9 Å². The van der Waals surface area contributed by atoms with E-state index in [1.165, 1.54) is 41.7 Å². The number of hydrogen-bond donors (Lipinski definition) is 1. The van der Waals surface area contributed by atoms with E-state index in [4.69, 9.17) is 13.0 Å². The lowest BCUT2D eigenvalue weighted by Crippen LogP contribution is -2.08. The summed E-state index contributed by atoms with van der Waals surface area (Å²) in [6, 6.07) is 96.2. The van der Waals surface area contributed by atoms with Crippen LogP contribution >= 0.6 is 11.3 Å². The molecule has 0 spiro atoms. The zero-order chi connectivity index (χ0) is 55.8. The van der Waals surface area contributed by atoms with Gasteiger partial charge in [-0.15, -0.1) is 11.3 Å². The first-order valence-electron chi connectivity index (χ1n) is 26.4. The summed E-state index contributed by atoms with van der Waals surface area (Å²) in [5.74, 6) is 1.02. The number of thiophene rings is 1. The predicted molar refractivity (Wildman–Crippen MR) is 339 cm³/mol. The number of sulfone groups is 1. The van der Waals surface area contributed by atoms with Crippen LogP contribution in [0.1, 0.15) is 1.43 Å². The maximum atomic E-state index is 12.1. The van der Waals surface area contributed by atoms with Crippen molar-refractivity contribution in [1.82, 2.24) is 0 Å². The van der Waals surface area contributed by atoms with Crippen molar-refractivity contribution in [3.63, 3.8) is 0 Å². The Morgan fingerprint density at radius 2 is 0.695 bits per heavy atom. The van der Waals surface area contributed by atoms with E-state index < -0.39 is 20.9 Å². The number of fused-ring (bicyclic) bond motifs is 15. The number of rotatable bonds is 1. The third-order valence-electron chi connectivity index (χ3n) is 13.9. The third-order valence-corrected chi connectivity index (χ3v) is 18.0. The molecule has 10 heteroatoms. The molecule has 0 amide bonds. The fourth-order valence-corrected chi connectivity index (χ4v) is 13.8. The summed E-state index contributed by atoms with van der Waals surface area (Å²) in [7, 11) is -3.26. The second-order valence-corrected chi connectivity index (χ2v) is 23.0. The van der Waals surface area contributed by atoms with Crippen molar-refractivity contribution in [2.24, 2.45) is 0 Å². The fraction of sp³-hybridized carbons (Fsp3) is 0. The van der Waals surface area contributed by atoms with E-state index in [-0.39, 0.29) is 1.43 Å². The molecule has 400 valence electrons. The lowest BCUT2D eigenvalue weighted by molar-refractivity contribution is 0.477. The lowest BCUT2D eigenvalue weighted by atomic mass is 10.0. The van der Waals surface area contributed by atoms with Gasteiger partial charge in [-0.2, -0.15) is 0 Å². The summed E-state index contributed by atoms with van der Waals surface area (Å²) >= 11 is 0.485. The Kier molecular flexibility index (Phi) is 15.4. The molecule has 5 heterocycles. The highest BCUT2D eigenvalue weighted by Crippen LogP contribution is 2.43. The fourth-order valence-electron chi connectivity index (χ4n) is 10.0. The first-order chi connectivity index (χ1) is 40.3. The highest BCUT2D eigenvalue weighted by Gasteiger charge is 2.31. The van der Waals surface area contributed by atoms with Crippen molar-refractivity contribution < 1.29 is 32.2 Å². The Hall–Kier alpha value is -9.84. The van der Waals surface area contributed by atoms with Crippen LogP contribution in [0.25, 0.3) is 97.4 Å². The average Bonchev–Trinajstić information content (AvgIpc) is 4.23. The van der Waals surface area contributed by atoms with Gasteiger partial charge in [-0.3, -0.25) is 0 Å². The molecule has 2 aliphatic heterocycles. The molecular weight excluding hydrogens is 1070 g/mol. The Morgan fingerprint density at radius 1 is 0.341 bits per heavy atom. The van der Waals surface area contributed by atoms with Crippen molar-refractivity contribution in [2.75, 3.05) is 0 Å². The van der Waals surface area contributed by atoms with Crippen LogP contribution in [0.4, 0.5) is 0 Å². The average molecular weight is 1130 g/mol. The van der Waals surface area contributed by atoms with Gasteiger partial charge in [0.05, 0.1) is 14.7 Å². The Balaban J connectivity index is 0.000000104. The van der Waals surface area contributed by atoms with Gasteiger partial charge in [-0.1, -0.05) is 231 Å². The van der Waals surface area contributed by atoms with E-state index in [2.05, 4.69) is 72.8 Å². The molecule has 12 aromatic carbocycles. The normalized spacial score (nSPS) is 12.9. The largest absolute Gasteiger partial charge is 0.507 e. The van der Waals surface area contributed by atoms with E-state index in [9.17, 15) is 17.7 Å². The number of phenols is 1. The molecule has 0 aliphatic carbocycles. The Bertz CT molecular complexity index is 4420. The van der Waals surface area contributed by atoms with Crippen LogP contribution in [-0.4, -0.2) is 17.7 Å². The molecule has 0 saturated carbocycles. The van der Waals surface area contributed by atoms with Crippen LogP contribution in [0.15, 0.2) is 321 Å².